The van der Waals surface area contributed by atoms with Gasteiger partial charge >= 0.3 is 5.97 Å². The van der Waals surface area contributed by atoms with Crippen LogP contribution in [-0.4, -0.2) is 18.6 Å². The number of carbonyl (C=O) groups excluding carboxylic acids is 1. The van der Waals surface area contributed by atoms with Crippen LogP contribution in [-0.2, 0) is 9.53 Å². The Morgan fingerprint density at radius 1 is 1.67 bits per heavy atom. The Balaban J connectivity index is 2.15. The van der Waals surface area contributed by atoms with E-state index in [-0.39, 0.29) is 12.0 Å². The number of ether oxygens (including phenoxy) is 1. The van der Waals surface area contributed by atoms with Gasteiger partial charge in [-0.25, -0.2) is 0 Å². The fourth-order valence-electron chi connectivity index (χ4n) is 1.45. The molecule has 12 heavy (non-hydrogen) atoms. The smallest absolute Gasteiger partial charge is 0.307 e. The second-order valence-electron chi connectivity index (χ2n) is 3.36. The maximum Gasteiger partial charge on any atom is 0.307 e. The maximum atomic E-state index is 11.0. The third-order valence-corrected chi connectivity index (χ3v) is 2.46. The first-order valence-corrected chi connectivity index (χ1v) is 4.65. The van der Waals surface area contributed by atoms with Gasteiger partial charge in [-0.3, -0.25) is 4.79 Å². The summed E-state index contributed by atoms with van der Waals surface area (Å²) < 4.78 is 4.81. The molecule has 0 aromatic rings. The summed E-state index contributed by atoms with van der Waals surface area (Å²) in [4.78, 5) is 11.0. The van der Waals surface area contributed by atoms with Crippen molar-refractivity contribution in [3.05, 3.63) is 0 Å². The minimum atomic E-state index is -0.156. The lowest BCUT2D eigenvalue weighted by molar-refractivity contribution is -0.143. The Morgan fingerprint density at radius 3 is 2.75 bits per heavy atom. The average molecular weight is 171 g/mol. The largest absolute Gasteiger partial charge is 0.466 e. The molecule has 1 fully saturated rings. The van der Waals surface area contributed by atoms with E-state index in [1.165, 1.54) is 19.3 Å². The van der Waals surface area contributed by atoms with E-state index in [1.807, 2.05) is 6.92 Å². The highest BCUT2D eigenvalue weighted by atomic mass is 16.5. The first-order chi connectivity index (χ1) is 5.74. The predicted molar refractivity (Wildman–Crippen MR) is 46.6 cm³/mol. The highest BCUT2D eigenvalue weighted by Crippen LogP contribution is 2.29. The molecule has 1 aliphatic rings. The van der Waals surface area contributed by atoms with E-state index >= 15 is 0 Å². The van der Waals surface area contributed by atoms with Gasteiger partial charge in [0, 0.05) is 6.04 Å². The van der Waals surface area contributed by atoms with Crippen LogP contribution in [0, 0.1) is 5.92 Å². The summed E-state index contributed by atoms with van der Waals surface area (Å²) in [5.41, 5.74) is 5.81. The van der Waals surface area contributed by atoms with Crippen molar-refractivity contribution >= 4 is 5.97 Å². The summed E-state index contributed by atoms with van der Waals surface area (Å²) in [6, 6.07) is 0.0257. The van der Waals surface area contributed by atoms with Gasteiger partial charge in [0.05, 0.1) is 13.0 Å². The quantitative estimate of drug-likeness (QED) is 0.644. The minimum Gasteiger partial charge on any atom is -0.466 e. The van der Waals surface area contributed by atoms with Crippen LogP contribution >= 0.6 is 0 Å². The van der Waals surface area contributed by atoms with Crippen LogP contribution in [0.1, 0.15) is 32.6 Å². The van der Waals surface area contributed by atoms with Gasteiger partial charge in [0.15, 0.2) is 0 Å². The van der Waals surface area contributed by atoms with Crippen molar-refractivity contribution in [2.24, 2.45) is 11.7 Å². The Kier molecular flexibility index (Phi) is 3.53. The zero-order valence-corrected chi connectivity index (χ0v) is 7.58. The van der Waals surface area contributed by atoms with E-state index in [4.69, 9.17) is 10.5 Å². The molecule has 1 aliphatic carbocycles. The summed E-state index contributed by atoms with van der Waals surface area (Å²) in [6.45, 7) is 2.27. The van der Waals surface area contributed by atoms with Crippen LogP contribution in [0.15, 0.2) is 0 Å². The lowest BCUT2D eigenvalue weighted by Crippen LogP contribution is -2.36. The summed E-state index contributed by atoms with van der Waals surface area (Å²) in [5.74, 6) is 0.409. The molecule has 0 aromatic heterocycles. The van der Waals surface area contributed by atoms with Gasteiger partial charge in [-0.2, -0.15) is 0 Å². The molecule has 0 spiro atoms. The Bertz CT molecular complexity index is 155. The van der Waals surface area contributed by atoms with E-state index in [9.17, 15) is 4.79 Å². The van der Waals surface area contributed by atoms with Crippen LogP contribution in [0.25, 0.3) is 0 Å². The van der Waals surface area contributed by atoms with E-state index in [1.54, 1.807) is 0 Å². The minimum absolute atomic E-state index is 0.0257. The van der Waals surface area contributed by atoms with Crippen LogP contribution in [0.2, 0.25) is 0 Å². The van der Waals surface area contributed by atoms with Crippen molar-refractivity contribution in [1.82, 2.24) is 0 Å². The van der Waals surface area contributed by atoms with Gasteiger partial charge in [-0.1, -0.05) is 6.42 Å². The molecule has 0 radical (unpaired) electrons. The highest BCUT2D eigenvalue weighted by molar-refractivity contribution is 5.70. The van der Waals surface area contributed by atoms with Gasteiger partial charge in [-0.05, 0) is 25.7 Å². The van der Waals surface area contributed by atoms with E-state index in [0.717, 1.165) is 0 Å². The summed E-state index contributed by atoms with van der Waals surface area (Å²) in [7, 11) is 0. The first-order valence-electron chi connectivity index (χ1n) is 4.65. The van der Waals surface area contributed by atoms with Crippen LogP contribution in [0.5, 0.6) is 0 Å². The first kappa shape index (κ1) is 9.52. The number of esters is 1. The lowest BCUT2D eigenvalue weighted by Gasteiger charge is -2.30. The molecular weight excluding hydrogens is 154 g/mol. The zero-order valence-electron chi connectivity index (χ0n) is 7.58. The SMILES string of the molecule is CCOC(=O)C[C@@H](N)C1CCC1. The van der Waals surface area contributed by atoms with Gasteiger partial charge in [0.1, 0.15) is 0 Å². The number of rotatable bonds is 4. The fraction of sp³-hybridized carbons (Fsp3) is 0.889. The molecule has 0 saturated heterocycles. The van der Waals surface area contributed by atoms with Crippen molar-refractivity contribution in [1.29, 1.82) is 0 Å². The van der Waals surface area contributed by atoms with Gasteiger partial charge in [0.2, 0.25) is 0 Å². The molecule has 1 rings (SSSR count). The van der Waals surface area contributed by atoms with Gasteiger partial charge < -0.3 is 10.5 Å². The molecular formula is C9H17NO2. The van der Waals surface area contributed by atoms with E-state index in [2.05, 4.69) is 0 Å². The number of nitrogens with two attached hydrogens (primary N) is 1. The maximum absolute atomic E-state index is 11.0. The lowest BCUT2D eigenvalue weighted by atomic mass is 9.79. The predicted octanol–water partition coefficient (Wildman–Crippen LogP) is 1.07. The van der Waals surface area contributed by atoms with Crippen molar-refractivity contribution in [2.45, 2.75) is 38.6 Å². The standard InChI is InChI=1S/C9H17NO2/c1-2-12-9(11)6-8(10)7-4-3-5-7/h7-8H,2-6,10H2,1H3/t8-/m1/s1. The van der Waals surface area contributed by atoms with Gasteiger partial charge in [-0.15, -0.1) is 0 Å². The monoisotopic (exact) mass is 171 g/mol. The second-order valence-corrected chi connectivity index (χ2v) is 3.36. The van der Waals surface area contributed by atoms with E-state index < -0.39 is 0 Å². The Morgan fingerprint density at radius 2 is 2.33 bits per heavy atom. The number of carbonyl (C=O) groups is 1. The summed E-state index contributed by atoms with van der Waals surface area (Å²) in [6.07, 6.45) is 4.01. The normalized spacial score (nSPS) is 19.8. The molecule has 2 N–H and O–H groups in total. The molecule has 1 saturated carbocycles. The van der Waals surface area contributed by atoms with Gasteiger partial charge in [0.25, 0.3) is 0 Å². The fourth-order valence-corrected chi connectivity index (χ4v) is 1.45. The molecule has 0 aliphatic heterocycles. The highest BCUT2D eigenvalue weighted by Gasteiger charge is 2.26. The third-order valence-electron chi connectivity index (χ3n) is 2.46. The molecule has 1 atom stereocenters. The number of hydrogen-bond acceptors (Lipinski definition) is 3. The van der Waals surface area contributed by atoms with Crippen molar-refractivity contribution in [3.8, 4) is 0 Å². The van der Waals surface area contributed by atoms with Crippen LogP contribution < -0.4 is 5.73 Å². The molecule has 0 aromatic carbocycles. The Hall–Kier alpha value is -0.570. The number of hydrogen-bond donors (Lipinski definition) is 1. The summed E-state index contributed by atoms with van der Waals surface area (Å²) in [5, 5.41) is 0. The molecule has 70 valence electrons. The zero-order chi connectivity index (χ0) is 8.97. The van der Waals surface area contributed by atoms with Crippen LogP contribution in [0.3, 0.4) is 0 Å². The third kappa shape index (κ3) is 2.48. The Labute approximate surface area is 73.3 Å². The molecule has 0 unspecified atom stereocenters. The molecule has 0 heterocycles. The molecule has 0 amide bonds. The molecule has 0 bridgehead atoms. The summed E-state index contributed by atoms with van der Waals surface area (Å²) >= 11 is 0. The second kappa shape index (κ2) is 4.45. The van der Waals surface area contributed by atoms with E-state index in [0.29, 0.717) is 18.9 Å². The van der Waals surface area contributed by atoms with Crippen molar-refractivity contribution < 1.29 is 9.53 Å². The van der Waals surface area contributed by atoms with Crippen LogP contribution in [0.4, 0.5) is 0 Å². The molecule has 3 heteroatoms. The topological polar surface area (TPSA) is 52.3 Å². The van der Waals surface area contributed by atoms with Crippen molar-refractivity contribution in [3.63, 3.8) is 0 Å². The average Bonchev–Trinajstić information content (AvgIpc) is 1.82. The molecule has 3 nitrogen and oxygen atoms in total. The van der Waals surface area contributed by atoms with Crippen molar-refractivity contribution in [2.75, 3.05) is 6.61 Å².